The smallest absolute Gasteiger partial charge is 0.307 e. The van der Waals surface area contributed by atoms with Gasteiger partial charge in [0.1, 0.15) is 0 Å². The first-order chi connectivity index (χ1) is 6.08. The van der Waals surface area contributed by atoms with Gasteiger partial charge in [0.2, 0.25) is 0 Å². The summed E-state index contributed by atoms with van der Waals surface area (Å²) in [5, 5.41) is 8.07. The number of methoxy groups -OCH3 is 1. The number of rotatable bonds is 3. The summed E-state index contributed by atoms with van der Waals surface area (Å²) in [6.07, 6.45) is 0.0938. The van der Waals surface area contributed by atoms with Crippen LogP contribution >= 0.6 is 0 Å². The van der Waals surface area contributed by atoms with E-state index < -0.39 is 0 Å². The second-order valence-electron chi connectivity index (χ2n) is 1.97. The van der Waals surface area contributed by atoms with Crippen LogP contribution in [0.25, 0.3) is 0 Å². The van der Waals surface area contributed by atoms with Crippen LogP contribution in [-0.2, 0) is 19.1 Å². The zero-order valence-electron chi connectivity index (χ0n) is 8.20. The summed E-state index contributed by atoms with van der Waals surface area (Å²) >= 11 is 0. The van der Waals surface area contributed by atoms with Crippen molar-refractivity contribution in [2.24, 2.45) is 0 Å². The van der Waals surface area contributed by atoms with Crippen LogP contribution in [0.4, 0.5) is 0 Å². The van der Waals surface area contributed by atoms with Gasteiger partial charge in [-0.05, 0) is 6.92 Å². The molecule has 0 radical (unpaired) electrons. The molecule has 0 saturated heterocycles. The second kappa shape index (κ2) is 10.9. The van der Waals surface area contributed by atoms with Gasteiger partial charge in [-0.15, -0.1) is 0 Å². The molecule has 0 aliphatic rings. The number of aliphatic hydroxyl groups excluding tert-OH is 1. The molecule has 0 fully saturated rings. The quantitative estimate of drug-likeness (QED) is 0.642. The first kappa shape index (κ1) is 14.4. The second-order valence-corrected chi connectivity index (χ2v) is 1.97. The highest BCUT2D eigenvalue weighted by atomic mass is 16.5. The Bertz CT molecular complexity index is 143. The standard InChI is InChI=1S/C4H8O3.C4H8O2/c1-7-4(6)2-3-5;1-3-6-4(2)5/h5H,2-3H2,1H3;3H2,1-2H3. The summed E-state index contributed by atoms with van der Waals surface area (Å²) in [7, 11) is 1.29. The molecule has 0 amide bonds. The van der Waals surface area contributed by atoms with Gasteiger partial charge >= 0.3 is 11.9 Å². The summed E-state index contributed by atoms with van der Waals surface area (Å²) < 4.78 is 8.59. The van der Waals surface area contributed by atoms with Crippen LogP contribution in [0.3, 0.4) is 0 Å². The highest BCUT2D eigenvalue weighted by molar-refractivity contribution is 5.69. The molecule has 0 aromatic rings. The van der Waals surface area contributed by atoms with Crippen molar-refractivity contribution in [3.63, 3.8) is 0 Å². The molecule has 0 spiro atoms. The minimum absolute atomic E-state index is 0.0938. The largest absolute Gasteiger partial charge is 0.469 e. The van der Waals surface area contributed by atoms with Crippen LogP contribution in [0, 0.1) is 0 Å². The third-order valence-electron chi connectivity index (χ3n) is 0.891. The van der Waals surface area contributed by atoms with Gasteiger partial charge < -0.3 is 14.6 Å². The summed E-state index contributed by atoms with van der Waals surface area (Å²) in [6.45, 7) is 3.52. The number of ether oxygens (including phenoxy) is 2. The number of aliphatic hydroxyl groups is 1. The summed E-state index contributed by atoms with van der Waals surface area (Å²) in [5.41, 5.74) is 0. The van der Waals surface area contributed by atoms with Crippen molar-refractivity contribution in [2.75, 3.05) is 20.3 Å². The highest BCUT2D eigenvalue weighted by Gasteiger charge is 1.93. The topological polar surface area (TPSA) is 72.8 Å². The Hall–Kier alpha value is -1.10. The zero-order valence-corrected chi connectivity index (χ0v) is 8.20. The van der Waals surface area contributed by atoms with E-state index in [4.69, 9.17) is 5.11 Å². The molecule has 0 saturated carbocycles. The van der Waals surface area contributed by atoms with Gasteiger partial charge in [0.15, 0.2) is 0 Å². The summed E-state index contributed by atoms with van der Waals surface area (Å²) in [5.74, 6) is -0.583. The van der Waals surface area contributed by atoms with Crippen molar-refractivity contribution < 1.29 is 24.2 Å². The molecule has 0 unspecified atom stereocenters. The molecule has 0 atom stereocenters. The van der Waals surface area contributed by atoms with Crippen molar-refractivity contribution >= 4 is 11.9 Å². The van der Waals surface area contributed by atoms with E-state index in [1.807, 2.05) is 0 Å². The molecule has 0 aromatic heterocycles. The predicted octanol–water partition coefficient (Wildman–Crippen LogP) is 0.111. The minimum atomic E-state index is -0.373. The monoisotopic (exact) mass is 192 g/mol. The van der Waals surface area contributed by atoms with E-state index in [-0.39, 0.29) is 25.0 Å². The van der Waals surface area contributed by atoms with E-state index in [1.165, 1.54) is 14.0 Å². The molecule has 0 heterocycles. The maximum Gasteiger partial charge on any atom is 0.307 e. The molecule has 5 nitrogen and oxygen atoms in total. The fourth-order valence-electron chi connectivity index (χ4n) is 0.397. The van der Waals surface area contributed by atoms with E-state index in [1.54, 1.807) is 6.92 Å². The summed E-state index contributed by atoms with van der Waals surface area (Å²) in [6, 6.07) is 0. The molecule has 1 N–H and O–H groups in total. The Labute approximate surface area is 77.6 Å². The van der Waals surface area contributed by atoms with Gasteiger partial charge in [-0.1, -0.05) is 0 Å². The molecule has 78 valence electrons. The van der Waals surface area contributed by atoms with Crippen molar-refractivity contribution in [1.29, 1.82) is 0 Å². The van der Waals surface area contributed by atoms with Gasteiger partial charge in [0, 0.05) is 6.92 Å². The fourth-order valence-corrected chi connectivity index (χ4v) is 0.397. The molecule has 0 aromatic carbocycles. The predicted molar refractivity (Wildman–Crippen MR) is 46.0 cm³/mol. The number of hydrogen-bond donors (Lipinski definition) is 1. The zero-order chi connectivity index (χ0) is 10.7. The number of carbonyl (C=O) groups is 2. The van der Waals surface area contributed by atoms with E-state index >= 15 is 0 Å². The lowest BCUT2D eigenvalue weighted by atomic mass is 10.5. The fraction of sp³-hybridized carbons (Fsp3) is 0.750. The first-order valence-electron chi connectivity index (χ1n) is 3.89. The summed E-state index contributed by atoms with van der Waals surface area (Å²) in [4.78, 5) is 19.9. The normalized spacial score (nSPS) is 8.00. The van der Waals surface area contributed by atoms with Crippen LogP contribution in [0.5, 0.6) is 0 Å². The van der Waals surface area contributed by atoms with Crippen LogP contribution < -0.4 is 0 Å². The van der Waals surface area contributed by atoms with Gasteiger partial charge in [-0.2, -0.15) is 0 Å². The lowest BCUT2D eigenvalue weighted by Crippen LogP contribution is -2.01. The average molecular weight is 192 g/mol. The first-order valence-corrected chi connectivity index (χ1v) is 3.89. The van der Waals surface area contributed by atoms with E-state index in [2.05, 4.69) is 9.47 Å². The van der Waals surface area contributed by atoms with Gasteiger partial charge in [0.05, 0.1) is 26.7 Å². The number of carbonyl (C=O) groups excluding carboxylic acids is 2. The Balaban J connectivity index is 0. The van der Waals surface area contributed by atoms with Gasteiger partial charge in [-0.25, -0.2) is 0 Å². The third kappa shape index (κ3) is 18.1. The highest BCUT2D eigenvalue weighted by Crippen LogP contribution is 1.78. The molecule has 13 heavy (non-hydrogen) atoms. The maximum absolute atomic E-state index is 10.0. The van der Waals surface area contributed by atoms with Crippen LogP contribution in [0.15, 0.2) is 0 Å². The van der Waals surface area contributed by atoms with Crippen molar-refractivity contribution in [3.05, 3.63) is 0 Å². The minimum Gasteiger partial charge on any atom is -0.469 e. The number of esters is 2. The molecular formula is C8H16O5. The SMILES string of the molecule is CCOC(C)=O.COC(=O)CCO. The Kier molecular flexibility index (Phi) is 12.1. The molecule has 5 heteroatoms. The van der Waals surface area contributed by atoms with Crippen LogP contribution in [0.2, 0.25) is 0 Å². The van der Waals surface area contributed by atoms with E-state index in [0.29, 0.717) is 6.61 Å². The van der Waals surface area contributed by atoms with Crippen LogP contribution in [0.1, 0.15) is 20.3 Å². The van der Waals surface area contributed by atoms with E-state index in [9.17, 15) is 9.59 Å². The lowest BCUT2D eigenvalue weighted by Gasteiger charge is -1.90. The van der Waals surface area contributed by atoms with Crippen molar-refractivity contribution in [3.8, 4) is 0 Å². The molecule has 0 aliphatic heterocycles. The van der Waals surface area contributed by atoms with Crippen LogP contribution in [-0.4, -0.2) is 37.4 Å². The Morgan fingerprint density at radius 1 is 1.38 bits per heavy atom. The Morgan fingerprint density at radius 3 is 2.00 bits per heavy atom. The van der Waals surface area contributed by atoms with Gasteiger partial charge in [0.25, 0.3) is 0 Å². The molecular weight excluding hydrogens is 176 g/mol. The average Bonchev–Trinajstić information content (AvgIpc) is 2.05. The maximum atomic E-state index is 10.0. The molecule has 0 bridgehead atoms. The lowest BCUT2D eigenvalue weighted by molar-refractivity contribution is -0.141. The molecule has 0 rings (SSSR count). The van der Waals surface area contributed by atoms with Crippen molar-refractivity contribution in [1.82, 2.24) is 0 Å². The third-order valence-corrected chi connectivity index (χ3v) is 0.891. The van der Waals surface area contributed by atoms with E-state index in [0.717, 1.165) is 0 Å². The molecule has 0 aliphatic carbocycles. The van der Waals surface area contributed by atoms with Crippen molar-refractivity contribution in [2.45, 2.75) is 20.3 Å². The Morgan fingerprint density at radius 2 is 1.92 bits per heavy atom. The number of hydrogen-bond acceptors (Lipinski definition) is 5. The van der Waals surface area contributed by atoms with Gasteiger partial charge in [-0.3, -0.25) is 9.59 Å².